The lowest BCUT2D eigenvalue weighted by molar-refractivity contribution is -0.197. The highest BCUT2D eigenvalue weighted by Gasteiger charge is 2.32. The van der Waals surface area contributed by atoms with Gasteiger partial charge in [-0.3, -0.25) is 9.59 Å². The highest BCUT2D eigenvalue weighted by atomic mass is 16.7. The van der Waals surface area contributed by atoms with Crippen LogP contribution in [0.5, 0.6) is 0 Å². The van der Waals surface area contributed by atoms with Gasteiger partial charge in [0.25, 0.3) is 11.8 Å². The Kier molecular flexibility index (Phi) is 8.04. The Morgan fingerprint density at radius 3 is 1.86 bits per heavy atom. The maximum atomic E-state index is 11.0. The van der Waals surface area contributed by atoms with Crippen molar-refractivity contribution in [2.45, 2.75) is 32.6 Å². The van der Waals surface area contributed by atoms with Gasteiger partial charge in [-0.15, -0.1) is 5.06 Å². The van der Waals surface area contributed by atoms with Gasteiger partial charge in [0, 0.05) is 31.4 Å². The van der Waals surface area contributed by atoms with Crippen LogP contribution in [0, 0.1) is 0 Å². The molecule has 0 unspecified atom stereocenters. The molecule has 2 amide bonds. The molecule has 0 aliphatic carbocycles. The van der Waals surface area contributed by atoms with Gasteiger partial charge in [0.05, 0.1) is 0 Å². The van der Waals surface area contributed by atoms with Crippen LogP contribution in [-0.2, 0) is 28.8 Å². The molecule has 0 aromatic carbocycles. The molecule has 0 radical (unpaired) electrons. The van der Waals surface area contributed by atoms with E-state index >= 15 is 0 Å². The number of nitrogens with zero attached hydrogens (tertiary/aromatic N) is 1. The molecule has 0 atom stereocenters. The second-order valence-corrected chi connectivity index (χ2v) is 3.80. The molecule has 9 nitrogen and oxygen atoms in total. The molecule has 1 heterocycles. The normalized spacial score (nSPS) is 13.9. The van der Waals surface area contributed by atoms with E-state index in [0.29, 0.717) is 23.6 Å². The lowest BCUT2D eigenvalue weighted by Gasteiger charge is -2.11. The number of carbonyl (C=O) groups is 5. The molecule has 1 rings (SSSR count). The van der Waals surface area contributed by atoms with Gasteiger partial charge in [0.2, 0.25) is 0 Å². The van der Waals surface area contributed by atoms with Gasteiger partial charge in [0.1, 0.15) is 0 Å². The summed E-state index contributed by atoms with van der Waals surface area (Å²) in [5.74, 6) is -3.92. The van der Waals surface area contributed by atoms with Crippen molar-refractivity contribution in [1.82, 2.24) is 5.06 Å². The summed E-state index contributed by atoms with van der Waals surface area (Å²) >= 11 is 0. The third kappa shape index (κ3) is 8.14. The minimum Gasteiger partial charge on any atom is -0.478 e. The maximum absolute atomic E-state index is 11.0. The Balaban J connectivity index is 0.000000433. The lowest BCUT2D eigenvalue weighted by atomic mass is 10.3. The first-order valence-electron chi connectivity index (χ1n) is 5.98. The number of carbonyl (C=O) groups excluding carboxylic acids is 3. The average Bonchev–Trinajstić information content (AvgIpc) is 2.69. The van der Waals surface area contributed by atoms with Crippen LogP contribution in [0.25, 0.3) is 0 Å². The van der Waals surface area contributed by atoms with Crippen molar-refractivity contribution in [2.24, 2.45) is 0 Å². The Labute approximate surface area is 119 Å². The van der Waals surface area contributed by atoms with Crippen LogP contribution in [0.15, 0.2) is 12.2 Å². The topological polar surface area (TPSA) is 138 Å². The number of hydrogen-bond donors (Lipinski definition) is 2. The Hall–Kier alpha value is -2.71. The smallest absolute Gasteiger partial charge is 0.333 e. The van der Waals surface area contributed by atoms with Gasteiger partial charge >= 0.3 is 17.9 Å². The molecule has 0 aromatic heterocycles. The van der Waals surface area contributed by atoms with E-state index in [1.807, 2.05) is 6.92 Å². The van der Waals surface area contributed by atoms with Gasteiger partial charge < -0.3 is 15.1 Å². The zero-order valence-corrected chi connectivity index (χ0v) is 11.3. The molecule has 21 heavy (non-hydrogen) atoms. The summed E-state index contributed by atoms with van der Waals surface area (Å²) in [6.45, 7) is 1.81. The van der Waals surface area contributed by atoms with Crippen molar-refractivity contribution in [3.63, 3.8) is 0 Å². The third-order valence-corrected chi connectivity index (χ3v) is 2.02. The standard InChI is InChI=1S/C8H11NO4.C4H4O4/c1-2-3-8(12)13-9-6(10)4-5-7(9)11;5-3(6)1-2-4(7)8/h2-5H2,1H3;1-2H,(H,5,6)(H,7,8)/b;2-1-. The van der Waals surface area contributed by atoms with Crippen molar-refractivity contribution >= 4 is 29.7 Å². The molecule has 1 aliphatic heterocycles. The van der Waals surface area contributed by atoms with Gasteiger partial charge in [0.15, 0.2) is 0 Å². The second-order valence-electron chi connectivity index (χ2n) is 3.80. The summed E-state index contributed by atoms with van der Waals surface area (Å²) in [5, 5.41) is 16.2. The van der Waals surface area contributed by atoms with Crippen molar-refractivity contribution < 1.29 is 39.0 Å². The number of hydrogen-bond acceptors (Lipinski definition) is 6. The molecular formula is C12H15NO8. The quantitative estimate of drug-likeness (QED) is 0.538. The van der Waals surface area contributed by atoms with Crippen molar-refractivity contribution in [3.8, 4) is 0 Å². The fraction of sp³-hybridized carbons (Fsp3) is 0.417. The summed E-state index contributed by atoms with van der Waals surface area (Å²) in [4.78, 5) is 56.5. The van der Waals surface area contributed by atoms with E-state index in [9.17, 15) is 24.0 Å². The van der Waals surface area contributed by atoms with E-state index in [4.69, 9.17) is 10.2 Å². The summed E-state index contributed by atoms with van der Waals surface area (Å²) in [7, 11) is 0. The van der Waals surface area contributed by atoms with Crippen molar-refractivity contribution in [3.05, 3.63) is 12.2 Å². The maximum Gasteiger partial charge on any atom is 0.333 e. The third-order valence-electron chi connectivity index (χ3n) is 2.02. The predicted molar refractivity (Wildman–Crippen MR) is 66.5 cm³/mol. The molecule has 0 bridgehead atoms. The van der Waals surface area contributed by atoms with Crippen molar-refractivity contribution in [2.75, 3.05) is 0 Å². The highest BCUT2D eigenvalue weighted by molar-refractivity contribution is 6.01. The minimum absolute atomic E-state index is 0.137. The number of amides is 2. The SMILES string of the molecule is CCCC(=O)ON1C(=O)CCC1=O.O=C(O)/C=C\C(=O)O. The Morgan fingerprint density at radius 2 is 1.52 bits per heavy atom. The van der Waals surface area contributed by atoms with Gasteiger partial charge in [-0.2, -0.15) is 0 Å². The molecule has 1 saturated heterocycles. The average molecular weight is 301 g/mol. The molecule has 1 fully saturated rings. The van der Waals surface area contributed by atoms with E-state index in [1.54, 1.807) is 0 Å². The first-order chi connectivity index (χ1) is 9.77. The first kappa shape index (κ1) is 18.3. The summed E-state index contributed by atoms with van der Waals surface area (Å²) in [6.07, 6.45) is 2.24. The van der Waals surface area contributed by atoms with Gasteiger partial charge in [-0.05, 0) is 6.42 Å². The van der Waals surface area contributed by atoms with E-state index in [2.05, 4.69) is 4.84 Å². The van der Waals surface area contributed by atoms with Crippen LogP contribution in [0.4, 0.5) is 0 Å². The number of carboxylic acid groups (broad SMARTS) is 2. The van der Waals surface area contributed by atoms with Gasteiger partial charge in [-0.1, -0.05) is 6.92 Å². The zero-order chi connectivity index (χ0) is 16.4. The van der Waals surface area contributed by atoms with E-state index < -0.39 is 29.7 Å². The largest absolute Gasteiger partial charge is 0.478 e. The zero-order valence-electron chi connectivity index (χ0n) is 11.3. The summed E-state index contributed by atoms with van der Waals surface area (Å²) in [6, 6.07) is 0. The van der Waals surface area contributed by atoms with Crippen LogP contribution >= 0.6 is 0 Å². The van der Waals surface area contributed by atoms with E-state index in [1.165, 1.54) is 0 Å². The molecule has 0 saturated carbocycles. The van der Waals surface area contributed by atoms with Crippen LogP contribution in [0.3, 0.4) is 0 Å². The molecule has 9 heteroatoms. The van der Waals surface area contributed by atoms with Gasteiger partial charge in [-0.25, -0.2) is 14.4 Å². The fourth-order valence-corrected chi connectivity index (χ4v) is 1.15. The van der Waals surface area contributed by atoms with Crippen molar-refractivity contribution in [1.29, 1.82) is 0 Å². The molecule has 1 aliphatic rings. The minimum atomic E-state index is -1.26. The Bertz CT molecular complexity index is 436. The number of carboxylic acids is 2. The van der Waals surface area contributed by atoms with Crippen LogP contribution in [-0.4, -0.2) is 45.0 Å². The summed E-state index contributed by atoms with van der Waals surface area (Å²) in [5.41, 5.74) is 0. The van der Waals surface area contributed by atoms with Crippen LogP contribution in [0.2, 0.25) is 0 Å². The fourth-order valence-electron chi connectivity index (χ4n) is 1.15. The Morgan fingerprint density at radius 1 is 1.10 bits per heavy atom. The lowest BCUT2D eigenvalue weighted by Crippen LogP contribution is -2.31. The molecule has 0 spiro atoms. The summed E-state index contributed by atoms with van der Waals surface area (Å²) < 4.78 is 0. The molecule has 0 aromatic rings. The molecular weight excluding hydrogens is 286 g/mol. The highest BCUT2D eigenvalue weighted by Crippen LogP contribution is 2.12. The monoisotopic (exact) mass is 301 g/mol. The predicted octanol–water partition coefficient (Wildman–Crippen LogP) is 0.105. The number of rotatable bonds is 5. The first-order valence-corrected chi connectivity index (χ1v) is 5.98. The van der Waals surface area contributed by atoms with E-state index in [-0.39, 0.29) is 19.3 Å². The molecule has 116 valence electrons. The van der Waals surface area contributed by atoms with Crippen LogP contribution in [0.1, 0.15) is 32.6 Å². The number of imide groups is 1. The van der Waals surface area contributed by atoms with Crippen LogP contribution < -0.4 is 0 Å². The number of hydroxylamine groups is 2. The second kappa shape index (κ2) is 9.23. The molecule has 2 N–H and O–H groups in total. The van der Waals surface area contributed by atoms with E-state index in [0.717, 1.165) is 0 Å². The number of aliphatic carboxylic acids is 2.